The van der Waals surface area contributed by atoms with Crippen molar-refractivity contribution >= 4 is 27.6 Å². The van der Waals surface area contributed by atoms with Crippen molar-refractivity contribution in [3.05, 3.63) is 52.8 Å². The average Bonchev–Trinajstić information content (AvgIpc) is 3.07. The standard InChI is InChI=1S/C19H15FN4O5S/c1-10-5-12(20)17-14(9-29-15(17)6-10)22-16(25)8-24-19(26)23-13-4-2-3-11(7-21)18(13)30(24,27)28/h2-6,14H,8-9H2,1H3,(H,22,25)(H,23,26)/t14-/m0/s1. The van der Waals surface area contributed by atoms with Crippen molar-refractivity contribution in [3.63, 3.8) is 0 Å². The van der Waals surface area contributed by atoms with E-state index in [4.69, 9.17) is 4.74 Å². The molecule has 9 nitrogen and oxygen atoms in total. The molecule has 0 saturated heterocycles. The number of rotatable bonds is 3. The van der Waals surface area contributed by atoms with E-state index in [0.29, 0.717) is 15.6 Å². The number of fused-ring (bicyclic) bond motifs is 2. The molecule has 0 fully saturated rings. The molecule has 2 heterocycles. The summed E-state index contributed by atoms with van der Waals surface area (Å²) < 4.78 is 45.9. The van der Waals surface area contributed by atoms with Gasteiger partial charge in [-0.2, -0.15) is 5.26 Å². The smallest absolute Gasteiger partial charge is 0.336 e. The first-order valence-electron chi connectivity index (χ1n) is 8.81. The zero-order chi connectivity index (χ0) is 21.6. The number of hydrogen-bond acceptors (Lipinski definition) is 6. The van der Waals surface area contributed by atoms with Crippen LogP contribution in [-0.2, 0) is 14.8 Å². The molecule has 154 valence electrons. The number of nitrogens with one attached hydrogen (secondary N) is 2. The average molecular weight is 430 g/mol. The van der Waals surface area contributed by atoms with E-state index in [9.17, 15) is 27.7 Å². The zero-order valence-corrected chi connectivity index (χ0v) is 16.4. The van der Waals surface area contributed by atoms with Gasteiger partial charge in [0.15, 0.2) is 0 Å². The highest BCUT2D eigenvalue weighted by molar-refractivity contribution is 7.90. The monoisotopic (exact) mass is 430 g/mol. The van der Waals surface area contributed by atoms with Crippen LogP contribution in [0.1, 0.15) is 22.7 Å². The molecular weight excluding hydrogens is 415 g/mol. The summed E-state index contributed by atoms with van der Waals surface area (Å²) >= 11 is 0. The number of carbonyl (C=O) groups excluding carboxylic acids is 2. The highest BCUT2D eigenvalue weighted by atomic mass is 32.2. The Labute approximate surface area is 171 Å². The van der Waals surface area contributed by atoms with Crippen molar-refractivity contribution in [2.45, 2.75) is 17.9 Å². The lowest BCUT2D eigenvalue weighted by Gasteiger charge is -2.29. The molecule has 0 aromatic heterocycles. The summed E-state index contributed by atoms with van der Waals surface area (Å²) in [6.07, 6.45) is 0. The molecule has 2 aliphatic rings. The molecule has 11 heteroatoms. The molecule has 0 unspecified atom stereocenters. The van der Waals surface area contributed by atoms with Gasteiger partial charge in [0.1, 0.15) is 35.7 Å². The Morgan fingerprint density at radius 2 is 2.20 bits per heavy atom. The van der Waals surface area contributed by atoms with Gasteiger partial charge in [0, 0.05) is 0 Å². The Morgan fingerprint density at radius 1 is 1.43 bits per heavy atom. The maximum absolute atomic E-state index is 14.3. The molecule has 2 aromatic carbocycles. The third kappa shape index (κ3) is 3.11. The summed E-state index contributed by atoms with van der Waals surface area (Å²) in [5.74, 6) is -1.08. The van der Waals surface area contributed by atoms with Crippen LogP contribution >= 0.6 is 0 Å². The Morgan fingerprint density at radius 3 is 2.93 bits per heavy atom. The molecule has 4 rings (SSSR count). The number of nitriles is 1. The number of anilines is 1. The summed E-state index contributed by atoms with van der Waals surface area (Å²) in [5, 5.41) is 14.1. The van der Waals surface area contributed by atoms with E-state index in [1.165, 1.54) is 24.3 Å². The maximum Gasteiger partial charge on any atom is 0.336 e. The first-order valence-corrected chi connectivity index (χ1v) is 10.3. The van der Waals surface area contributed by atoms with Gasteiger partial charge in [-0.15, -0.1) is 0 Å². The molecule has 0 aliphatic carbocycles. The zero-order valence-electron chi connectivity index (χ0n) is 15.6. The molecule has 0 bridgehead atoms. The van der Waals surface area contributed by atoms with E-state index < -0.39 is 40.4 Å². The number of benzene rings is 2. The second-order valence-electron chi connectivity index (χ2n) is 6.83. The van der Waals surface area contributed by atoms with Crippen molar-refractivity contribution in [1.82, 2.24) is 9.62 Å². The first-order chi connectivity index (χ1) is 14.2. The number of amides is 3. The minimum atomic E-state index is -4.45. The fraction of sp³-hybridized carbons (Fsp3) is 0.211. The molecule has 0 saturated carbocycles. The Balaban J connectivity index is 1.58. The molecule has 2 N–H and O–H groups in total. The van der Waals surface area contributed by atoms with E-state index >= 15 is 0 Å². The largest absolute Gasteiger partial charge is 0.491 e. The van der Waals surface area contributed by atoms with Crippen LogP contribution < -0.4 is 15.4 Å². The van der Waals surface area contributed by atoms with Crippen LogP contribution in [0.15, 0.2) is 35.2 Å². The third-order valence-corrected chi connectivity index (χ3v) is 6.59. The third-order valence-electron chi connectivity index (χ3n) is 4.76. The van der Waals surface area contributed by atoms with Gasteiger partial charge in [-0.1, -0.05) is 6.07 Å². The van der Waals surface area contributed by atoms with Crippen LogP contribution in [0.25, 0.3) is 0 Å². The summed E-state index contributed by atoms with van der Waals surface area (Å²) in [7, 11) is -4.45. The van der Waals surface area contributed by atoms with Crippen molar-refractivity contribution in [1.29, 1.82) is 5.26 Å². The number of ether oxygens (including phenoxy) is 1. The SMILES string of the molecule is Cc1cc(F)c2c(c1)OC[C@@H]2NC(=O)CN1C(=O)Nc2cccc(C#N)c2S1(=O)=O. The van der Waals surface area contributed by atoms with Gasteiger partial charge in [-0.05, 0) is 36.8 Å². The molecule has 2 aromatic rings. The summed E-state index contributed by atoms with van der Waals surface area (Å²) in [6, 6.07) is 6.92. The lowest BCUT2D eigenvalue weighted by molar-refractivity contribution is -0.121. The predicted molar refractivity (Wildman–Crippen MR) is 102 cm³/mol. The lowest BCUT2D eigenvalue weighted by Crippen LogP contribution is -2.49. The number of carbonyl (C=O) groups is 2. The summed E-state index contributed by atoms with van der Waals surface area (Å²) in [6.45, 7) is 0.834. The molecule has 0 spiro atoms. The normalized spacial score (nSPS) is 18.5. The van der Waals surface area contributed by atoms with Crippen LogP contribution in [-0.4, -0.2) is 37.8 Å². The number of urea groups is 1. The minimum Gasteiger partial charge on any atom is -0.491 e. The number of nitrogens with zero attached hydrogens (tertiary/aromatic N) is 2. The molecule has 2 aliphatic heterocycles. The van der Waals surface area contributed by atoms with E-state index in [-0.39, 0.29) is 28.3 Å². The van der Waals surface area contributed by atoms with Gasteiger partial charge in [0.25, 0.3) is 10.0 Å². The van der Waals surface area contributed by atoms with Crippen LogP contribution in [0.4, 0.5) is 14.9 Å². The number of sulfonamides is 1. The van der Waals surface area contributed by atoms with E-state index in [0.717, 1.165) is 0 Å². The second kappa shape index (κ2) is 7.00. The summed E-state index contributed by atoms with van der Waals surface area (Å²) in [5.41, 5.74) is 0.623. The Kier molecular flexibility index (Phi) is 4.58. The predicted octanol–water partition coefficient (Wildman–Crippen LogP) is 1.79. The number of aryl methyl sites for hydroxylation is 1. The number of halogens is 1. The summed E-state index contributed by atoms with van der Waals surface area (Å²) in [4.78, 5) is 24.5. The van der Waals surface area contributed by atoms with E-state index in [1.807, 2.05) is 0 Å². The van der Waals surface area contributed by atoms with Crippen molar-refractivity contribution < 1.29 is 27.1 Å². The van der Waals surface area contributed by atoms with Gasteiger partial charge in [-0.3, -0.25) is 4.79 Å². The van der Waals surface area contributed by atoms with Gasteiger partial charge in [-0.25, -0.2) is 21.9 Å². The highest BCUT2D eigenvalue weighted by Gasteiger charge is 2.40. The van der Waals surface area contributed by atoms with Gasteiger partial charge < -0.3 is 15.4 Å². The fourth-order valence-electron chi connectivity index (χ4n) is 3.47. The Hall–Kier alpha value is -3.65. The van der Waals surface area contributed by atoms with Crippen molar-refractivity contribution in [2.24, 2.45) is 0 Å². The van der Waals surface area contributed by atoms with Crippen LogP contribution in [0.5, 0.6) is 5.75 Å². The molecule has 30 heavy (non-hydrogen) atoms. The number of hydrogen-bond donors (Lipinski definition) is 2. The van der Waals surface area contributed by atoms with E-state index in [1.54, 1.807) is 19.1 Å². The topological polar surface area (TPSA) is 129 Å². The van der Waals surface area contributed by atoms with E-state index in [2.05, 4.69) is 10.6 Å². The Bertz CT molecular complexity index is 1240. The van der Waals surface area contributed by atoms with Gasteiger partial charge >= 0.3 is 6.03 Å². The molecular formula is C19H15FN4O5S. The van der Waals surface area contributed by atoms with Crippen LogP contribution in [0, 0.1) is 24.1 Å². The van der Waals surface area contributed by atoms with Crippen molar-refractivity contribution in [3.8, 4) is 11.8 Å². The van der Waals surface area contributed by atoms with Crippen LogP contribution in [0.3, 0.4) is 0 Å². The molecule has 1 atom stereocenters. The second-order valence-corrected chi connectivity index (χ2v) is 8.62. The first kappa shape index (κ1) is 19.7. The van der Waals surface area contributed by atoms with Crippen molar-refractivity contribution in [2.75, 3.05) is 18.5 Å². The van der Waals surface area contributed by atoms with Crippen LogP contribution in [0.2, 0.25) is 0 Å². The molecule has 0 radical (unpaired) electrons. The lowest BCUT2D eigenvalue weighted by atomic mass is 10.1. The van der Waals surface area contributed by atoms with Gasteiger partial charge in [0.2, 0.25) is 5.91 Å². The molecule has 3 amide bonds. The minimum absolute atomic E-state index is 0.0260. The quantitative estimate of drug-likeness (QED) is 0.764. The highest BCUT2D eigenvalue weighted by Crippen LogP contribution is 2.36. The fourth-order valence-corrected chi connectivity index (χ4v) is 5.04. The van der Waals surface area contributed by atoms with Gasteiger partial charge in [0.05, 0.1) is 22.9 Å². The maximum atomic E-state index is 14.3.